The van der Waals surface area contributed by atoms with Crippen LogP contribution < -0.4 is 5.56 Å². The van der Waals surface area contributed by atoms with Crippen molar-refractivity contribution in [1.29, 1.82) is 0 Å². The van der Waals surface area contributed by atoms with Crippen LogP contribution in [0.1, 0.15) is 19.8 Å². The first-order valence-electron chi connectivity index (χ1n) is 5.76. The normalized spacial score (nSPS) is 13.1. The van der Waals surface area contributed by atoms with Gasteiger partial charge in [0.15, 0.2) is 0 Å². The molecule has 0 fully saturated rings. The molecule has 3 nitrogen and oxygen atoms in total. The number of hydrogen-bond acceptors (Lipinski definition) is 4. The molecule has 1 atom stereocenters. The van der Waals surface area contributed by atoms with E-state index in [9.17, 15) is 4.79 Å². The predicted molar refractivity (Wildman–Crippen MR) is 76.1 cm³/mol. The highest BCUT2D eigenvalue weighted by Gasteiger charge is 2.06. The fourth-order valence-electron chi connectivity index (χ4n) is 1.78. The van der Waals surface area contributed by atoms with Crippen molar-refractivity contribution in [2.45, 2.75) is 26.3 Å². The molecule has 2 aromatic heterocycles. The third kappa shape index (κ3) is 2.90. The molecule has 1 unspecified atom stereocenters. The van der Waals surface area contributed by atoms with Crippen molar-refractivity contribution in [2.24, 2.45) is 5.92 Å². The number of aryl methyl sites for hydroxylation is 1. The van der Waals surface area contributed by atoms with E-state index in [4.69, 9.17) is 0 Å². The smallest absolute Gasteiger partial charge is 0.262 e. The Kier molecular flexibility index (Phi) is 4.23. The Morgan fingerprint density at radius 2 is 2.35 bits per heavy atom. The van der Waals surface area contributed by atoms with Gasteiger partial charge in [0.1, 0.15) is 4.83 Å². The van der Waals surface area contributed by atoms with E-state index in [1.165, 1.54) is 11.3 Å². The summed E-state index contributed by atoms with van der Waals surface area (Å²) in [6, 6.07) is 1.85. The largest absolute Gasteiger partial charge is 0.299 e. The van der Waals surface area contributed by atoms with Gasteiger partial charge < -0.3 is 0 Å². The molecule has 0 saturated heterocycles. The average molecular weight is 268 g/mol. The summed E-state index contributed by atoms with van der Waals surface area (Å²) in [5.74, 6) is 1.50. The zero-order valence-corrected chi connectivity index (χ0v) is 11.5. The van der Waals surface area contributed by atoms with Crippen molar-refractivity contribution in [3.63, 3.8) is 0 Å². The number of nitrogens with zero attached hydrogens (tertiary/aromatic N) is 2. The highest BCUT2D eigenvalue weighted by atomic mass is 32.1. The predicted octanol–water partition coefficient (Wildman–Crippen LogP) is 2.80. The number of fused-ring (bicyclic) bond motifs is 1. The maximum atomic E-state index is 12.1. The van der Waals surface area contributed by atoms with Crippen molar-refractivity contribution >= 4 is 34.2 Å². The first-order chi connectivity index (χ1) is 8.22. The number of rotatable bonds is 5. The summed E-state index contributed by atoms with van der Waals surface area (Å²) >= 11 is 5.73. The average Bonchev–Trinajstić information content (AvgIpc) is 2.77. The molecule has 92 valence electrons. The molecular formula is C12H16N2OS2. The van der Waals surface area contributed by atoms with E-state index in [1.807, 2.05) is 11.4 Å². The van der Waals surface area contributed by atoms with Gasteiger partial charge in [0.25, 0.3) is 5.56 Å². The fraction of sp³-hybridized carbons (Fsp3) is 0.500. The lowest BCUT2D eigenvalue weighted by Crippen LogP contribution is -2.21. The molecule has 0 aliphatic carbocycles. The maximum absolute atomic E-state index is 12.1. The molecule has 0 aromatic carbocycles. The molecule has 0 amide bonds. The summed E-state index contributed by atoms with van der Waals surface area (Å²) in [5, 5.41) is 2.65. The Bertz CT molecular complexity index is 547. The Hall–Kier alpha value is -0.810. The maximum Gasteiger partial charge on any atom is 0.262 e. The summed E-state index contributed by atoms with van der Waals surface area (Å²) in [7, 11) is 0. The van der Waals surface area contributed by atoms with Crippen LogP contribution in [0.5, 0.6) is 0 Å². The molecule has 0 aliphatic rings. The second kappa shape index (κ2) is 5.69. The minimum Gasteiger partial charge on any atom is -0.299 e. The van der Waals surface area contributed by atoms with Gasteiger partial charge in [-0.2, -0.15) is 12.6 Å². The van der Waals surface area contributed by atoms with Crippen LogP contribution in [0.3, 0.4) is 0 Å². The molecule has 2 heterocycles. The fourth-order valence-corrected chi connectivity index (χ4v) is 2.94. The van der Waals surface area contributed by atoms with Crippen molar-refractivity contribution in [3.8, 4) is 0 Å². The first kappa shape index (κ1) is 12.6. The van der Waals surface area contributed by atoms with Gasteiger partial charge in [-0.1, -0.05) is 6.92 Å². The molecule has 0 saturated carbocycles. The van der Waals surface area contributed by atoms with Gasteiger partial charge in [-0.05, 0) is 36.0 Å². The summed E-state index contributed by atoms with van der Waals surface area (Å²) in [5.41, 5.74) is 0.0781. The molecule has 2 rings (SSSR count). The second-order valence-electron chi connectivity index (χ2n) is 4.29. The van der Waals surface area contributed by atoms with Gasteiger partial charge in [-0.15, -0.1) is 11.3 Å². The summed E-state index contributed by atoms with van der Waals surface area (Å²) < 4.78 is 1.71. The van der Waals surface area contributed by atoms with E-state index in [0.717, 1.165) is 35.4 Å². The molecule has 2 aromatic rings. The highest BCUT2D eigenvalue weighted by molar-refractivity contribution is 7.80. The SMILES string of the molecule is CC(CCS)CCn1cnc2sccc2c1=O. The van der Waals surface area contributed by atoms with Crippen LogP contribution in [0, 0.1) is 5.92 Å². The minimum atomic E-state index is 0.0781. The Morgan fingerprint density at radius 1 is 1.53 bits per heavy atom. The van der Waals surface area contributed by atoms with Gasteiger partial charge in [-0.3, -0.25) is 9.36 Å². The zero-order valence-electron chi connectivity index (χ0n) is 9.80. The topological polar surface area (TPSA) is 34.9 Å². The quantitative estimate of drug-likeness (QED) is 0.846. The third-order valence-corrected chi connectivity index (χ3v) is 4.01. The van der Waals surface area contributed by atoms with Crippen LogP contribution in [0.25, 0.3) is 10.2 Å². The minimum absolute atomic E-state index is 0.0781. The van der Waals surface area contributed by atoms with Crippen molar-refractivity contribution in [1.82, 2.24) is 9.55 Å². The van der Waals surface area contributed by atoms with Crippen LogP contribution in [0.15, 0.2) is 22.6 Å². The molecule has 17 heavy (non-hydrogen) atoms. The van der Waals surface area contributed by atoms with Gasteiger partial charge in [0.2, 0.25) is 0 Å². The van der Waals surface area contributed by atoms with Crippen LogP contribution in [0.4, 0.5) is 0 Å². The van der Waals surface area contributed by atoms with E-state index in [2.05, 4.69) is 24.5 Å². The standard InChI is InChI=1S/C12H16N2OS2/c1-9(3-6-16)2-5-14-8-13-11-10(12(14)15)4-7-17-11/h4,7-9,16H,2-3,5-6H2,1H3. The molecule has 0 N–H and O–H groups in total. The van der Waals surface area contributed by atoms with Gasteiger partial charge >= 0.3 is 0 Å². The lowest BCUT2D eigenvalue weighted by atomic mass is 10.1. The van der Waals surface area contributed by atoms with Gasteiger partial charge in [-0.25, -0.2) is 4.98 Å². The van der Waals surface area contributed by atoms with Crippen molar-refractivity contribution < 1.29 is 0 Å². The molecule has 5 heteroatoms. The lowest BCUT2D eigenvalue weighted by molar-refractivity contribution is 0.465. The summed E-state index contributed by atoms with van der Waals surface area (Å²) in [4.78, 5) is 17.2. The summed E-state index contributed by atoms with van der Waals surface area (Å²) in [6.07, 6.45) is 3.75. The molecule has 0 radical (unpaired) electrons. The van der Waals surface area contributed by atoms with Crippen LogP contribution in [0.2, 0.25) is 0 Å². The van der Waals surface area contributed by atoms with Crippen molar-refractivity contribution in [3.05, 3.63) is 28.1 Å². The third-order valence-electron chi connectivity index (χ3n) is 2.94. The van der Waals surface area contributed by atoms with Crippen LogP contribution in [-0.2, 0) is 6.54 Å². The Labute approximate surface area is 110 Å². The first-order valence-corrected chi connectivity index (χ1v) is 7.27. The molecular weight excluding hydrogens is 252 g/mol. The van der Waals surface area contributed by atoms with E-state index in [1.54, 1.807) is 10.9 Å². The molecule has 0 aliphatic heterocycles. The Balaban J connectivity index is 2.13. The number of thiophene rings is 1. The molecule has 0 spiro atoms. The molecule has 0 bridgehead atoms. The number of hydrogen-bond donors (Lipinski definition) is 1. The second-order valence-corrected chi connectivity index (χ2v) is 5.63. The van der Waals surface area contributed by atoms with Crippen LogP contribution >= 0.6 is 24.0 Å². The van der Waals surface area contributed by atoms with E-state index in [-0.39, 0.29) is 5.56 Å². The number of thiol groups is 1. The number of aromatic nitrogens is 2. The van der Waals surface area contributed by atoms with E-state index < -0.39 is 0 Å². The van der Waals surface area contributed by atoms with Gasteiger partial charge in [0.05, 0.1) is 11.7 Å². The van der Waals surface area contributed by atoms with Crippen molar-refractivity contribution in [2.75, 3.05) is 5.75 Å². The zero-order chi connectivity index (χ0) is 12.3. The van der Waals surface area contributed by atoms with Crippen LogP contribution in [-0.4, -0.2) is 15.3 Å². The monoisotopic (exact) mass is 268 g/mol. The van der Waals surface area contributed by atoms with Gasteiger partial charge in [0, 0.05) is 6.54 Å². The summed E-state index contributed by atoms with van der Waals surface area (Å²) in [6.45, 7) is 2.93. The van der Waals surface area contributed by atoms with E-state index >= 15 is 0 Å². The highest BCUT2D eigenvalue weighted by Crippen LogP contribution is 2.14. The Morgan fingerprint density at radius 3 is 3.12 bits per heavy atom. The van der Waals surface area contributed by atoms with E-state index in [0.29, 0.717) is 5.92 Å². The lowest BCUT2D eigenvalue weighted by Gasteiger charge is -2.10.